The third-order valence-electron chi connectivity index (χ3n) is 2.52. The molecule has 0 saturated heterocycles. The quantitative estimate of drug-likeness (QED) is 0.512. The van der Waals surface area contributed by atoms with Crippen molar-refractivity contribution in [1.29, 1.82) is 0 Å². The van der Waals surface area contributed by atoms with Crippen LogP contribution in [-0.2, 0) is 9.59 Å². The van der Waals surface area contributed by atoms with E-state index in [4.69, 9.17) is 0 Å². The molecule has 70 valence electrons. The van der Waals surface area contributed by atoms with Gasteiger partial charge in [0.1, 0.15) is 12.6 Å². The van der Waals surface area contributed by atoms with E-state index in [2.05, 4.69) is 6.58 Å². The van der Waals surface area contributed by atoms with Gasteiger partial charge < -0.3 is 5.11 Å². The van der Waals surface area contributed by atoms with Crippen molar-refractivity contribution in [3.63, 3.8) is 0 Å². The van der Waals surface area contributed by atoms with E-state index in [1.54, 1.807) is 6.92 Å². The van der Waals surface area contributed by atoms with E-state index in [9.17, 15) is 14.7 Å². The molecule has 13 heavy (non-hydrogen) atoms. The number of hydrogen-bond acceptors (Lipinski definition) is 3. The average Bonchev–Trinajstić information content (AvgIpc) is 2.42. The maximum Gasteiger partial charge on any atom is 0.146 e. The molecule has 0 aromatic heterocycles. The van der Waals surface area contributed by atoms with Crippen LogP contribution >= 0.6 is 0 Å². The summed E-state index contributed by atoms with van der Waals surface area (Å²) in [4.78, 5) is 21.1. The van der Waals surface area contributed by atoms with Crippen LogP contribution in [0.1, 0.15) is 13.3 Å². The molecule has 0 heterocycles. The summed E-state index contributed by atoms with van der Waals surface area (Å²) < 4.78 is 0. The average molecular weight is 180 g/mol. The van der Waals surface area contributed by atoms with E-state index < -0.39 is 6.10 Å². The molecule has 0 aromatic carbocycles. The Morgan fingerprint density at radius 1 is 1.62 bits per heavy atom. The molecule has 1 aliphatic carbocycles. The molecule has 3 heteroatoms. The topological polar surface area (TPSA) is 54.4 Å². The molecule has 0 fully saturated rings. The fraction of sp³-hybridized carbons (Fsp3) is 0.400. The second-order valence-corrected chi connectivity index (χ2v) is 3.25. The van der Waals surface area contributed by atoms with Gasteiger partial charge in [-0.1, -0.05) is 6.58 Å². The van der Waals surface area contributed by atoms with Gasteiger partial charge in [0, 0.05) is 11.5 Å². The summed E-state index contributed by atoms with van der Waals surface area (Å²) in [6.07, 6.45) is 1.13. The van der Waals surface area contributed by atoms with E-state index in [1.165, 1.54) is 0 Å². The van der Waals surface area contributed by atoms with Crippen LogP contribution in [0.4, 0.5) is 0 Å². The normalized spacial score (nSPS) is 27.5. The Kier molecular flexibility index (Phi) is 2.78. The lowest BCUT2D eigenvalue weighted by molar-refractivity contribution is -0.105. The molecular weight excluding hydrogens is 168 g/mol. The van der Waals surface area contributed by atoms with Gasteiger partial charge in [0.05, 0.1) is 6.10 Å². The third kappa shape index (κ3) is 1.60. The van der Waals surface area contributed by atoms with Gasteiger partial charge in [-0.05, 0) is 24.5 Å². The van der Waals surface area contributed by atoms with E-state index in [0.29, 0.717) is 35.7 Å². The summed E-state index contributed by atoms with van der Waals surface area (Å²) in [5, 5.41) is 9.44. The molecule has 0 unspecified atom stereocenters. The van der Waals surface area contributed by atoms with Gasteiger partial charge >= 0.3 is 0 Å². The molecule has 0 bridgehead atoms. The zero-order valence-corrected chi connectivity index (χ0v) is 7.49. The summed E-state index contributed by atoms with van der Waals surface area (Å²) in [5.74, 6) is -0.287. The summed E-state index contributed by atoms with van der Waals surface area (Å²) in [6, 6.07) is 0. The number of aliphatic hydroxyl groups excluding tert-OH is 1. The van der Waals surface area contributed by atoms with Gasteiger partial charge in [0.15, 0.2) is 0 Å². The molecule has 0 spiro atoms. The van der Waals surface area contributed by atoms with Crippen LogP contribution in [0.25, 0.3) is 0 Å². The van der Waals surface area contributed by atoms with Crippen molar-refractivity contribution in [1.82, 2.24) is 0 Å². The predicted molar refractivity (Wildman–Crippen MR) is 48.1 cm³/mol. The van der Waals surface area contributed by atoms with Crippen LogP contribution in [-0.4, -0.2) is 23.8 Å². The first kappa shape index (κ1) is 9.86. The Balaban J connectivity index is 2.99. The lowest BCUT2D eigenvalue weighted by Gasteiger charge is -2.08. The number of carbonyl (C=O) groups is 2. The smallest absolute Gasteiger partial charge is 0.146 e. The standard InChI is InChI=1S/C10H12O3/c1-6(4-11)8-3-10(13)7(2)9(8)5-12/h4-5,8,10,13H,1,3H2,2H3/t8-,10+/m1/s1. The highest BCUT2D eigenvalue weighted by Gasteiger charge is 2.31. The second-order valence-electron chi connectivity index (χ2n) is 3.25. The molecule has 1 aliphatic rings. The van der Waals surface area contributed by atoms with E-state index in [-0.39, 0.29) is 5.92 Å². The van der Waals surface area contributed by atoms with Crippen molar-refractivity contribution in [2.75, 3.05) is 0 Å². The molecule has 1 rings (SSSR count). The molecule has 2 atom stereocenters. The van der Waals surface area contributed by atoms with Crippen LogP contribution in [0.3, 0.4) is 0 Å². The summed E-state index contributed by atoms with van der Waals surface area (Å²) in [7, 11) is 0. The van der Waals surface area contributed by atoms with Crippen molar-refractivity contribution in [2.24, 2.45) is 5.92 Å². The largest absolute Gasteiger partial charge is 0.389 e. The van der Waals surface area contributed by atoms with E-state index in [1.807, 2.05) is 0 Å². The van der Waals surface area contributed by atoms with Gasteiger partial charge in [0.2, 0.25) is 0 Å². The van der Waals surface area contributed by atoms with E-state index >= 15 is 0 Å². The molecule has 0 saturated carbocycles. The van der Waals surface area contributed by atoms with Gasteiger partial charge in [-0.15, -0.1) is 0 Å². The second kappa shape index (κ2) is 3.66. The number of hydrogen-bond donors (Lipinski definition) is 1. The van der Waals surface area contributed by atoms with Gasteiger partial charge in [-0.25, -0.2) is 0 Å². The minimum absolute atomic E-state index is 0.287. The molecule has 0 amide bonds. The zero-order valence-electron chi connectivity index (χ0n) is 7.49. The fourth-order valence-corrected chi connectivity index (χ4v) is 1.60. The predicted octanol–water partition coefficient (Wildman–Crippen LogP) is 0.638. The maximum absolute atomic E-state index is 10.7. The highest BCUT2D eigenvalue weighted by Crippen LogP contribution is 2.34. The first-order valence-corrected chi connectivity index (χ1v) is 4.09. The van der Waals surface area contributed by atoms with Crippen molar-refractivity contribution >= 4 is 12.6 Å². The molecular formula is C10H12O3. The summed E-state index contributed by atoms with van der Waals surface area (Å²) in [6.45, 7) is 5.25. The third-order valence-corrected chi connectivity index (χ3v) is 2.52. The Hall–Kier alpha value is -1.22. The number of rotatable bonds is 3. The van der Waals surface area contributed by atoms with Crippen molar-refractivity contribution < 1.29 is 14.7 Å². The number of aliphatic hydroxyl groups is 1. The highest BCUT2D eigenvalue weighted by atomic mass is 16.3. The van der Waals surface area contributed by atoms with Gasteiger partial charge in [-0.2, -0.15) is 0 Å². The minimum Gasteiger partial charge on any atom is -0.389 e. The van der Waals surface area contributed by atoms with Gasteiger partial charge in [0.25, 0.3) is 0 Å². The number of carbonyl (C=O) groups excluding carboxylic acids is 2. The zero-order chi connectivity index (χ0) is 10.0. The van der Waals surface area contributed by atoms with Crippen molar-refractivity contribution in [3.8, 4) is 0 Å². The van der Waals surface area contributed by atoms with Crippen molar-refractivity contribution in [3.05, 3.63) is 23.3 Å². The van der Waals surface area contributed by atoms with Crippen LogP contribution in [0.5, 0.6) is 0 Å². The molecule has 0 aromatic rings. The minimum atomic E-state index is -0.609. The lowest BCUT2D eigenvalue weighted by Crippen LogP contribution is -2.07. The van der Waals surface area contributed by atoms with Crippen LogP contribution in [0, 0.1) is 5.92 Å². The van der Waals surface area contributed by atoms with Gasteiger partial charge in [-0.3, -0.25) is 9.59 Å². The first-order chi connectivity index (χ1) is 6.11. The molecule has 0 aliphatic heterocycles. The monoisotopic (exact) mass is 180 g/mol. The Morgan fingerprint density at radius 3 is 2.69 bits per heavy atom. The Labute approximate surface area is 76.8 Å². The van der Waals surface area contributed by atoms with Crippen LogP contribution in [0.2, 0.25) is 0 Å². The van der Waals surface area contributed by atoms with E-state index in [0.717, 1.165) is 0 Å². The first-order valence-electron chi connectivity index (χ1n) is 4.09. The maximum atomic E-state index is 10.7. The highest BCUT2D eigenvalue weighted by molar-refractivity contribution is 5.83. The molecule has 1 N–H and O–H groups in total. The summed E-state index contributed by atoms with van der Waals surface area (Å²) in [5.41, 5.74) is 1.52. The number of allylic oxidation sites excluding steroid dienone is 2. The van der Waals surface area contributed by atoms with Crippen LogP contribution < -0.4 is 0 Å². The van der Waals surface area contributed by atoms with Crippen molar-refractivity contribution in [2.45, 2.75) is 19.4 Å². The van der Waals surface area contributed by atoms with Crippen LogP contribution in [0.15, 0.2) is 23.3 Å². The lowest BCUT2D eigenvalue weighted by atomic mass is 9.94. The molecule has 0 radical (unpaired) electrons. The SMILES string of the molecule is C=C(C=O)[C@H]1C[C@H](O)C(C)=C1C=O. The summed E-state index contributed by atoms with van der Waals surface area (Å²) >= 11 is 0. The molecule has 3 nitrogen and oxygen atoms in total. The Bertz CT molecular complexity index is 289. The Morgan fingerprint density at radius 2 is 2.23 bits per heavy atom. The number of aldehydes is 2. The fourth-order valence-electron chi connectivity index (χ4n) is 1.60.